The first-order valence-corrected chi connectivity index (χ1v) is 6.63. The second kappa shape index (κ2) is 6.07. The Morgan fingerprint density at radius 2 is 1.93 bits per heavy atom. The number of hydrogen-bond donors (Lipinski definition) is 1. The molecule has 0 heterocycles. The number of aliphatic carboxylic acids is 1. The van der Waals surface area contributed by atoms with Crippen molar-refractivity contribution >= 4 is 16.0 Å². The van der Waals surface area contributed by atoms with E-state index >= 15 is 0 Å². The lowest BCUT2D eigenvalue weighted by atomic mass is 10.4. The number of unbranched alkanes of at least 4 members (excludes halogenated alkanes) is 1. The summed E-state index contributed by atoms with van der Waals surface area (Å²) in [5.74, 6) is -1.10. The highest BCUT2D eigenvalue weighted by Gasteiger charge is 2.26. The average molecular weight is 237 g/mol. The van der Waals surface area contributed by atoms with Crippen molar-refractivity contribution in [3.8, 4) is 0 Å². The van der Waals surface area contributed by atoms with Crippen LogP contribution in [0.25, 0.3) is 0 Å². The van der Waals surface area contributed by atoms with Gasteiger partial charge in [0.15, 0.2) is 0 Å². The van der Waals surface area contributed by atoms with Gasteiger partial charge in [0.1, 0.15) is 6.54 Å². The Kier molecular flexibility index (Phi) is 5.82. The summed E-state index contributed by atoms with van der Waals surface area (Å²) in [5, 5.41) is 8.62. The lowest BCUT2D eigenvalue weighted by Gasteiger charge is -2.23. The third kappa shape index (κ3) is 5.13. The van der Waals surface area contributed by atoms with Gasteiger partial charge >= 0.3 is 5.97 Å². The first-order valence-electron chi connectivity index (χ1n) is 5.02. The van der Waals surface area contributed by atoms with Crippen LogP contribution < -0.4 is 0 Å². The van der Waals surface area contributed by atoms with Gasteiger partial charge in [0, 0.05) is 6.04 Å². The summed E-state index contributed by atoms with van der Waals surface area (Å²) in [7, 11) is -3.43. The standard InChI is InChI=1S/C9H19NO4S/c1-4-5-6-15(13,14)10(8(2)3)7-9(11)12/h8H,4-7H2,1-3H3,(H,11,12). The van der Waals surface area contributed by atoms with Gasteiger partial charge in [0.2, 0.25) is 10.0 Å². The number of sulfonamides is 1. The third-order valence-electron chi connectivity index (χ3n) is 1.98. The molecule has 0 fully saturated rings. The Morgan fingerprint density at radius 1 is 1.40 bits per heavy atom. The zero-order valence-electron chi connectivity index (χ0n) is 9.43. The predicted molar refractivity (Wildman–Crippen MR) is 58.2 cm³/mol. The van der Waals surface area contributed by atoms with Crippen molar-refractivity contribution in [2.45, 2.75) is 39.7 Å². The number of rotatable bonds is 7. The van der Waals surface area contributed by atoms with Gasteiger partial charge in [-0.2, -0.15) is 4.31 Å². The molecule has 0 unspecified atom stereocenters. The smallest absolute Gasteiger partial charge is 0.318 e. The SMILES string of the molecule is CCCCS(=O)(=O)N(CC(=O)O)C(C)C. The lowest BCUT2D eigenvalue weighted by molar-refractivity contribution is -0.137. The van der Waals surface area contributed by atoms with Crippen molar-refractivity contribution in [1.29, 1.82) is 0 Å². The molecular formula is C9H19NO4S. The Bertz CT molecular complexity index is 297. The molecular weight excluding hydrogens is 218 g/mol. The molecule has 0 saturated carbocycles. The van der Waals surface area contributed by atoms with E-state index in [1.165, 1.54) is 0 Å². The van der Waals surface area contributed by atoms with Crippen LogP contribution in [0, 0.1) is 0 Å². The Labute approximate surface area is 91.1 Å². The summed E-state index contributed by atoms with van der Waals surface area (Å²) >= 11 is 0. The van der Waals surface area contributed by atoms with E-state index in [9.17, 15) is 13.2 Å². The molecule has 0 bridgehead atoms. The topological polar surface area (TPSA) is 74.7 Å². The Morgan fingerprint density at radius 3 is 2.27 bits per heavy atom. The van der Waals surface area contributed by atoms with Crippen LogP contribution in [0.15, 0.2) is 0 Å². The summed E-state index contributed by atoms with van der Waals surface area (Å²) in [6.45, 7) is 4.79. The predicted octanol–water partition coefficient (Wildman–Crippen LogP) is 0.911. The molecule has 0 saturated heterocycles. The number of carboxylic acid groups (broad SMARTS) is 1. The van der Waals surface area contributed by atoms with E-state index in [0.29, 0.717) is 6.42 Å². The fourth-order valence-electron chi connectivity index (χ4n) is 1.18. The Balaban J connectivity index is 4.67. The molecule has 0 aliphatic carbocycles. The molecule has 0 aromatic rings. The summed E-state index contributed by atoms with van der Waals surface area (Å²) in [6, 6.07) is -0.317. The molecule has 0 aliphatic heterocycles. The van der Waals surface area contributed by atoms with Crippen molar-refractivity contribution < 1.29 is 18.3 Å². The van der Waals surface area contributed by atoms with E-state index in [2.05, 4.69) is 0 Å². The largest absolute Gasteiger partial charge is 0.480 e. The van der Waals surface area contributed by atoms with Gasteiger partial charge in [-0.05, 0) is 20.3 Å². The van der Waals surface area contributed by atoms with Crippen LogP contribution >= 0.6 is 0 Å². The minimum absolute atomic E-state index is 0.0228. The van der Waals surface area contributed by atoms with Gasteiger partial charge in [-0.1, -0.05) is 13.3 Å². The first-order chi connectivity index (χ1) is 6.81. The summed E-state index contributed by atoms with van der Waals surface area (Å²) in [4.78, 5) is 10.5. The van der Waals surface area contributed by atoms with E-state index in [1.807, 2.05) is 6.92 Å². The second-order valence-electron chi connectivity index (χ2n) is 3.70. The molecule has 5 nitrogen and oxygen atoms in total. The van der Waals surface area contributed by atoms with Crippen molar-refractivity contribution in [3.63, 3.8) is 0 Å². The second-order valence-corrected chi connectivity index (χ2v) is 5.74. The van der Waals surface area contributed by atoms with Gasteiger partial charge in [0.05, 0.1) is 5.75 Å². The Hall–Kier alpha value is -0.620. The van der Waals surface area contributed by atoms with Gasteiger partial charge in [-0.15, -0.1) is 0 Å². The molecule has 0 spiro atoms. The maximum absolute atomic E-state index is 11.7. The van der Waals surface area contributed by atoms with E-state index in [-0.39, 0.29) is 11.8 Å². The maximum Gasteiger partial charge on any atom is 0.318 e. The molecule has 0 aromatic heterocycles. The maximum atomic E-state index is 11.7. The summed E-state index contributed by atoms with van der Waals surface area (Å²) in [6.07, 6.45) is 1.34. The highest BCUT2D eigenvalue weighted by Crippen LogP contribution is 2.09. The molecule has 0 aliphatic rings. The highest BCUT2D eigenvalue weighted by molar-refractivity contribution is 7.89. The van der Waals surface area contributed by atoms with Crippen LogP contribution in [0.1, 0.15) is 33.6 Å². The van der Waals surface area contributed by atoms with Crippen LogP contribution in [0.2, 0.25) is 0 Å². The minimum atomic E-state index is -3.43. The van der Waals surface area contributed by atoms with Crippen LogP contribution in [0.3, 0.4) is 0 Å². The van der Waals surface area contributed by atoms with Crippen molar-refractivity contribution in [2.75, 3.05) is 12.3 Å². The molecule has 0 radical (unpaired) electrons. The van der Waals surface area contributed by atoms with Crippen molar-refractivity contribution in [3.05, 3.63) is 0 Å². The summed E-state index contributed by atoms with van der Waals surface area (Å²) in [5.41, 5.74) is 0. The van der Waals surface area contributed by atoms with Gasteiger partial charge < -0.3 is 5.11 Å². The van der Waals surface area contributed by atoms with Crippen LogP contribution in [-0.2, 0) is 14.8 Å². The zero-order chi connectivity index (χ0) is 12.1. The normalized spacial score (nSPS) is 12.3. The fourth-order valence-corrected chi connectivity index (χ4v) is 3.02. The minimum Gasteiger partial charge on any atom is -0.480 e. The molecule has 0 atom stereocenters. The van der Waals surface area contributed by atoms with Gasteiger partial charge in [-0.3, -0.25) is 4.79 Å². The van der Waals surface area contributed by atoms with E-state index in [1.54, 1.807) is 13.8 Å². The highest BCUT2D eigenvalue weighted by atomic mass is 32.2. The number of carbonyl (C=O) groups is 1. The van der Waals surface area contributed by atoms with E-state index in [0.717, 1.165) is 10.7 Å². The van der Waals surface area contributed by atoms with Crippen LogP contribution in [0.5, 0.6) is 0 Å². The van der Waals surface area contributed by atoms with Crippen LogP contribution in [0.4, 0.5) is 0 Å². The lowest BCUT2D eigenvalue weighted by Crippen LogP contribution is -2.41. The molecule has 1 N–H and O–H groups in total. The molecule has 0 rings (SSSR count). The van der Waals surface area contributed by atoms with Crippen molar-refractivity contribution in [1.82, 2.24) is 4.31 Å². The third-order valence-corrected chi connectivity index (χ3v) is 4.05. The van der Waals surface area contributed by atoms with Crippen molar-refractivity contribution in [2.24, 2.45) is 0 Å². The average Bonchev–Trinajstić information content (AvgIpc) is 2.10. The molecule has 0 aromatic carbocycles. The number of nitrogens with zero attached hydrogens (tertiary/aromatic N) is 1. The quantitative estimate of drug-likeness (QED) is 0.714. The van der Waals surface area contributed by atoms with Gasteiger partial charge in [-0.25, -0.2) is 8.42 Å². The zero-order valence-corrected chi connectivity index (χ0v) is 10.2. The monoisotopic (exact) mass is 237 g/mol. The molecule has 0 amide bonds. The van der Waals surface area contributed by atoms with E-state index in [4.69, 9.17) is 5.11 Å². The first kappa shape index (κ1) is 14.4. The number of hydrogen-bond acceptors (Lipinski definition) is 3. The fraction of sp³-hybridized carbons (Fsp3) is 0.889. The molecule has 90 valence electrons. The van der Waals surface area contributed by atoms with Gasteiger partial charge in [0.25, 0.3) is 0 Å². The van der Waals surface area contributed by atoms with Crippen LogP contribution in [-0.4, -0.2) is 42.1 Å². The van der Waals surface area contributed by atoms with E-state index < -0.39 is 22.5 Å². The summed E-state index contributed by atoms with van der Waals surface area (Å²) < 4.78 is 24.5. The molecule has 6 heteroatoms. The molecule has 15 heavy (non-hydrogen) atoms. The number of carboxylic acids is 1.